The highest BCUT2D eigenvalue weighted by Crippen LogP contribution is 2.60. The third-order valence-corrected chi connectivity index (χ3v) is 14.9. The van der Waals surface area contributed by atoms with Crippen molar-refractivity contribution < 1.29 is 13.2 Å². The van der Waals surface area contributed by atoms with E-state index in [-0.39, 0.29) is 11.6 Å². The van der Waals surface area contributed by atoms with Crippen LogP contribution in [0.3, 0.4) is 0 Å². The van der Waals surface area contributed by atoms with Crippen molar-refractivity contribution in [1.82, 2.24) is 0 Å². The van der Waals surface area contributed by atoms with Gasteiger partial charge in [-0.1, -0.05) is 189 Å². The highest BCUT2D eigenvalue weighted by Gasteiger charge is 2.49. The fourth-order valence-corrected chi connectivity index (χ4v) is 11.9. The van der Waals surface area contributed by atoms with Crippen molar-refractivity contribution in [3.63, 3.8) is 0 Å². The minimum Gasteiger partial charge on any atom is -0.456 e. The molecule has 0 amide bonds. The van der Waals surface area contributed by atoms with Crippen LogP contribution in [0.4, 0.5) is 25.8 Å². The molecule has 0 spiro atoms. The summed E-state index contributed by atoms with van der Waals surface area (Å²) in [7, 11) is 0. The zero-order chi connectivity index (χ0) is 47.1. The minimum absolute atomic E-state index is 0.292. The molecule has 1 aromatic heterocycles. The average Bonchev–Trinajstić information content (AvgIpc) is 4.04. The molecule has 0 N–H and O–H groups in total. The Morgan fingerprint density at radius 2 is 0.757 bits per heavy atom. The Labute approximate surface area is 405 Å². The zero-order valence-electron chi connectivity index (χ0n) is 38.0. The van der Waals surface area contributed by atoms with Gasteiger partial charge in [-0.25, -0.2) is 8.78 Å². The monoisotopic (exact) mass is 903 g/mol. The molecule has 0 bridgehead atoms. The van der Waals surface area contributed by atoms with E-state index in [4.69, 9.17) is 4.42 Å². The van der Waals surface area contributed by atoms with Crippen LogP contribution in [-0.4, -0.2) is 0 Å². The maximum atomic E-state index is 16.9. The number of nitrogens with zero attached hydrogens (tertiary/aromatic N) is 1. The van der Waals surface area contributed by atoms with Crippen molar-refractivity contribution in [2.75, 3.05) is 4.90 Å². The topological polar surface area (TPSA) is 16.4 Å². The summed E-state index contributed by atoms with van der Waals surface area (Å²) in [6.45, 7) is 8.07. The van der Waals surface area contributed by atoms with Crippen LogP contribution in [0.15, 0.2) is 242 Å². The highest BCUT2D eigenvalue weighted by atomic mass is 19.1. The lowest BCUT2D eigenvalue weighted by atomic mass is 9.67. The standard InChI is InChI=1S/C66H43F2NO/c1-3-42-25-29-44(30-26-42)65(57-20-10-12-22-61(57)67)55-18-8-5-15-49(55)51-36-33-46(39-59(51)65)69(48-35-38-54-53-17-7-14-24-63(53)70-64(54)41-48)47-34-37-52-50-16-6-9-19-56(50)66(60(52)40-47,58-21-11-13-23-62(58)68)45-31-27-43(4-2)28-32-45/h3-41H,1-2H2. The highest BCUT2D eigenvalue weighted by molar-refractivity contribution is 6.06. The normalized spacial score (nSPS) is 16.4. The maximum Gasteiger partial charge on any atom is 0.137 e. The third-order valence-electron chi connectivity index (χ3n) is 14.9. The number of hydrogen-bond acceptors (Lipinski definition) is 2. The Bertz CT molecular complexity index is 3720. The summed E-state index contributed by atoms with van der Waals surface area (Å²) >= 11 is 0. The van der Waals surface area contributed by atoms with Gasteiger partial charge in [-0.2, -0.15) is 0 Å². The Balaban J connectivity index is 1.11. The molecule has 0 saturated carbocycles. The second-order valence-corrected chi connectivity index (χ2v) is 18.3. The molecule has 2 aliphatic rings. The van der Waals surface area contributed by atoms with E-state index in [1.54, 1.807) is 24.3 Å². The van der Waals surface area contributed by atoms with Gasteiger partial charge in [0.2, 0.25) is 0 Å². The Morgan fingerprint density at radius 1 is 0.357 bits per heavy atom. The van der Waals surface area contributed by atoms with Crippen LogP contribution in [0.1, 0.15) is 55.6 Å². The first-order valence-electron chi connectivity index (χ1n) is 23.6. The lowest BCUT2D eigenvalue weighted by Crippen LogP contribution is -2.30. The predicted octanol–water partition coefficient (Wildman–Crippen LogP) is 17.3. The molecule has 13 rings (SSSR count). The van der Waals surface area contributed by atoms with E-state index in [0.717, 1.165) is 106 Å². The largest absolute Gasteiger partial charge is 0.456 e. The smallest absolute Gasteiger partial charge is 0.137 e. The van der Waals surface area contributed by atoms with Crippen LogP contribution in [-0.2, 0) is 10.8 Å². The van der Waals surface area contributed by atoms with E-state index in [0.29, 0.717) is 11.1 Å². The SMILES string of the molecule is C=Cc1ccc(C2(c3ccccc3F)c3ccccc3-c3ccc(N(c4ccc5c(c4)C(c4ccc(C=C)cc4)(c4ccccc4F)c4ccccc4-5)c4ccc5c(c4)oc4ccccc45)cc32)cc1. The van der Waals surface area contributed by atoms with Gasteiger partial charge < -0.3 is 9.32 Å². The van der Waals surface area contributed by atoms with Gasteiger partial charge in [-0.05, 0) is 121 Å². The van der Waals surface area contributed by atoms with Crippen molar-refractivity contribution in [2.24, 2.45) is 0 Å². The maximum absolute atomic E-state index is 16.9. The number of furan rings is 1. The zero-order valence-corrected chi connectivity index (χ0v) is 38.0. The third kappa shape index (κ3) is 5.83. The van der Waals surface area contributed by atoms with Gasteiger partial charge in [0.15, 0.2) is 0 Å². The fraction of sp³-hybridized carbons (Fsp3) is 0.0303. The van der Waals surface area contributed by atoms with Gasteiger partial charge >= 0.3 is 0 Å². The first-order chi connectivity index (χ1) is 34.4. The number of anilines is 3. The molecule has 0 aliphatic heterocycles. The van der Waals surface area contributed by atoms with Crippen LogP contribution in [0.2, 0.25) is 0 Å². The summed E-state index contributed by atoms with van der Waals surface area (Å²) in [4.78, 5) is 2.26. The van der Waals surface area contributed by atoms with Gasteiger partial charge in [0.05, 0.1) is 10.8 Å². The summed E-state index contributed by atoms with van der Waals surface area (Å²) in [5, 5.41) is 2.05. The molecule has 70 heavy (non-hydrogen) atoms. The lowest BCUT2D eigenvalue weighted by molar-refractivity contribution is 0.584. The minimum atomic E-state index is -1.03. The van der Waals surface area contributed by atoms with Crippen LogP contribution < -0.4 is 4.90 Å². The Morgan fingerprint density at radius 3 is 1.26 bits per heavy atom. The van der Waals surface area contributed by atoms with Crippen molar-refractivity contribution in [2.45, 2.75) is 10.8 Å². The van der Waals surface area contributed by atoms with Crippen LogP contribution >= 0.6 is 0 Å². The van der Waals surface area contributed by atoms with Gasteiger partial charge in [0.25, 0.3) is 0 Å². The van der Waals surface area contributed by atoms with Crippen molar-refractivity contribution in [3.8, 4) is 22.3 Å². The number of para-hydroxylation sites is 1. The summed E-state index contributed by atoms with van der Waals surface area (Å²) in [6.07, 6.45) is 3.66. The van der Waals surface area contributed by atoms with Crippen molar-refractivity contribution >= 4 is 51.2 Å². The average molecular weight is 904 g/mol. The van der Waals surface area contributed by atoms with E-state index in [9.17, 15) is 0 Å². The first-order valence-corrected chi connectivity index (χ1v) is 23.6. The quantitative estimate of drug-likeness (QED) is 0.143. The molecule has 1 heterocycles. The number of halogens is 2. The van der Waals surface area contributed by atoms with Gasteiger partial charge in [-0.15, -0.1) is 0 Å². The molecular formula is C66H43F2NO. The van der Waals surface area contributed by atoms with Gasteiger partial charge in [0.1, 0.15) is 22.8 Å². The molecule has 0 fully saturated rings. The summed E-state index contributed by atoms with van der Waals surface area (Å²) in [6, 6.07) is 75.4. The first kappa shape index (κ1) is 41.3. The fourth-order valence-electron chi connectivity index (χ4n) is 11.9. The lowest BCUT2D eigenvalue weighted by Gasteiger charge is -2.36. The Hall–Kier alpha value is -8.86. The second kappa shape index (κ2) is 15.9. The van der Waals surface area contributed by atoms with Crippen molar-refractivity contribution in [3.05, 3.63) is 305 Å². The van der Waals surface area contributed by atoms with E-state index in [1.807, 2.05) is 66.7 Å². The summed E-state index contributed by atoms with van der Waals surface area (Å²) in [5.74, 6) is -0.585. The van der Waals surface area contributed by atoms with E-state index >= 15 is 8.78 Å². The molecule has 4 heteroatoms. The van der Waals surface area contributed by atoms with Gasteiger partial charge in [-0.3, -0.25) is 0 Å². The summed E-state index contributed by atoms with van der Waals surface area (Å²) in [5.41, 5.74) is 15.1. The molecule has 11 aromatic rings. The van der Waals surface area contributed by atoms with E-state index in [2.05, 4.69) is 164 Å². The molecule has 0 radical (unpaired) electrons. The predicted molar refractivity (Wildman–Crippen MR) is 283 cm³/mol. The molecule has 2 aliphatic carbocycles. The van der Waals surface area contributed by atoms with E-state index < -0.39 is 10.8 Å². The molecular weight excluding hydrogens is 861 g/mol. The van der Waals surface area contributed by atoms with Crippen LogP contribution in [0, 0.1) is 11.6 Å². The molecule has 2 nitrogen and oxygen atoms in total. The molecule has 2 atom stereocenters. The number of fused-ring (bicyclic) bond motifs is 9. The second-order valence-electron chi connectivity index (χ2n) is 18.3. The van der Waals surface area contributed by atoms with E-state index in [1.165, 1.54) is 0 Å². The number of rotatable bonds is 9. The van der Waals surface area contributed by atoms with Gasteiger partial charge in [0, 0.05) is 45.0 Å². The van der Waals surface area contributed by atoms with Crippen molar-refractivity contribution in [1.29, 1.82) is 0 Å². The molecule has 332 valence electrons. The van der Waals surface area contributed by atoms with Crippen LogP contribution in [0.5, 0.6) is 0 Å². The Kier molecular flexibility index (Phi) is 9.37. The number of benzene rings is 10. The number of hydrogen-bond donors (Lipinski definition) is 0. The van der Waals surface area contributed by atoms with Crippen LogP contribution in [0.25, 0.3) is 56.3 Å². The molecule has 0 saturated heterocycles. The molecule has 10 aromatic carbocycles. The molecule has 2 unspecified atom stereocenters. The summed E-state index contributed by atoms with van der Waals surface area (Å²) < 4.78 is 40.4.